The number of hydrogen-bond donors (Lipinski definition) is 1. The molecule has 1 amide bonds. The highest BCUT2D eigenvalue weighted by molar-refractivity contribution is 6.46. The van der Waals surface area contributed by atoms with E-state index in [1.807, 2.05) is 43.3 Å². The predicted molar refractivity (Wildman–Crippen MR) is 118 cm³/mol. The second-order valence-corrected chi connectivity index (χ2v) is 7.77. The van der Waals surface area contributed by atoms with Crippen LogP contribution in [0.25, 0.3) is 5.76 Å². The number of hydrogen-bond acceptors (Lipinski definition) is 5. The summed E-state index contributed by atoms with van der Waals surface area (Å²) in [5.41, 5.74) is 2.20. The van der Waals surface area contributed by atoms with Gasteiger partial charge in [-0.25, -0.2) is 0 Å². The normalized spacial score (nSPS) is 18.1. The van der Waals surface area contributed by atoms with Crippen molar-refractivity contribution in [1.29, 1.82) is 0 Å². The van der Waals surface area contributed by atoms with Gasteiger partial charge in [0, 0.05) is 50.6 Å². The number of anilines is 1. The van der Waals surface area contributed by atoms with Gasteiger partial charge in [0.2, 0.25) is 0 Å². The third-order valence-electron chi connectivity index (χ3n) is 5.11. The minimum absolute atomic E-state index is 0.0669. The number of aliphatic hydroxyl groups is 1. The third-order valence-corrected chi connectivity index (χ3v) is 5.35. The summed E-state index contributed by atoms with van der Waals surface area (Å²) in [4.78, 5) is 29.2. The molecule has 158 valence electrons. The number of benzene rings is 2. The summed E-state index contributed by atoms with van der Waals surface area (Å²) in [7, 11) is 5.46. The fourth-order valence-corrected chi connectivity index (χ4v) is 3.77. The van der Waals surface area contributed by atoms with Crippen molar-refractivity contribution < 1.29 is 19.4 Å². The zero-order valence-corrected chi connectivity index (χ0v) is 18.0. The van der Waals surface area contributed by atoms with Gasteiger partial charge in [-0.15, -0.1) is 0 Å². The number of amides is 1. The molecule has 1 aliphatic rings. The quantitative estimate of drug-likeness (QED) is 0.314. The summed E-state index contributed by atoms with van der Waals surface area (Å²) in [6.45, 7) is 0.800. The molecule has 0 aliphatic carbocycles. The van der Waals surface area contributed by atoms with Gasteiger partial charge in [-0.3, -0.25) is 9.59 Å². The zero-order valence-electron chi connectivity index (χ0n) is 17.3. The van der Waals surface area contributed by atoms with Gasteiger partial charge in [0.05, 0.1) is 11.6 Å². The molecule has 2 aromatic rings. The van der Waals surface area contributed by atoms with E-state index in [1.165, 1.54) is 4.90 Å². The molecule has 1 saturated heterocycles. The molecule has 1 N–H and O–H groups in total. The Morgan fingerprint density at radius 1 is 1.17 bits per heavy atom. The Hall–Kier alpha value is -2.83. The van der Waals surface area contributed by atoms with Gasteiger partial charge in [0.15, 0.2) is 0 Å². The van der Waals surface area contributed by atoms with E-state index >= 15 is 0 Å². The number of carbonyl (C=O) groups excluding carboxylic acids is 2. The first-order valence-electron chi connectivity index (χ1n) is 9.65. The van der Waals surface area contributed by atoms with Crippen LogP contribution in [0, 0.1) is 0 Å². The topological polar surface area (TPSA) is 70.1 Å². The largest absolute Gasteiger partial charge is 0.507 e. The number of likely N-dealkylation sites (tertiary alicyclic amines) is 1. The molecule has 30 heavy (non-hydrogen) atoms. The Kier molecular flexibility index (Phi) is 6.80. The van der Waals surface area contributed by atoms with Crippen LogP contribution in [0.4, 0.5) is 5.69 Å². The Labute approximate surface area is 181 Å². The highest BCUT2D eigenvalue weighted by atomic mass is 35.5. The van der Waals surface area contributed by atoms with Crippen LogP contribution in [0.5, 0.6) is 0 Å². The molecule has 1 heterocycles. The van der Waals surface area contributed by atoms with E-state index in [0.29, 0.717) is 30.2 Å². The molecule has 3 rings (SSSR count). The summed E-state index contributed by atoms with van der Waals surface area (Å²) in [6.07, 6.45) is 0.576. The van der Waals surface area contributed by atoms with Crippen molar-refractivity contribution in [2.75, 3.05) is 39.3 Å². The van der Waals surface area contributed by atoms with Crippen molar-refractivity contribution in [3.8, 4) is 0 Å². The summed E-state index contributed by atoms with van der Waals surface area (Å²) < 4.78 is 5.10. The average Bonchev–Trinajstić information content (AvgIpc) is 2.98. The van der Waals surface area contributed by atoms with Crippen molar-refractivity contribution in [3.63, 3.8) is 0 Å². The van der Waals surface area contributed by atoms with Gasteiger partial charge in [-0.1, -0.05) is 35.9 Å². The lowest BCUT2D eigenvalue weighted by atomic mass is 9.95. The molecule has 2 aromatic carbocycles. The molecule has 7 heteroatoms. The number of carbonyl (C=O) groups is 2. The smallest absolute Gasteiger partial charge is 0.295 e. The molecule has 6 nitrogen and oxygen atoms in total. The first-order valence-corrected chi connectivity index (χ1v) is 10.0. The van der Waals surface area contributed by atoms with E-state index in [9.17, 15) is 14.7 Å². The van der Waals surface area contributed by atoms with E-state index in [-0.39, 0.29) is 11.3 Å². The van der Waals surface area contributed by atoms with Crippen LogP contribution < -0.4 is 4.90 Å². The highest BCUT2D eigenvalue weighted by Gasteiger charge is 2.45. The maximum Gasteiger partial charge on any atom is 0.295 e. The fourth-order valence-electron chi connectivity index (χ4n) is 3.58. The van der Waals surface area contributed by atoms with Gasteiger partial charge in [0.1, 0.15) is 5.76 Å². The summed E-state index contributed by atoms with van der Waals surface area (Å²) in [6, 6.07) is 13.5. The monoisotopic (exact) mass is 428 g/mol. The molecule has 0 saturated carbocycles. The maximum atomic E-state index is 12.9. The van der Waals surface area contributed by atoms with Crippen molar-refractivity contribution >= 4 is 34.7 Å². The lowest BCUT2D eigenvalue weighted by Gasteiger charge is -2.26. The molecule has 0 radical (unpaired) electrons. The molecule has 1 aliphatic heterocycles. The molecule has 1 atom stereocenters. The number of rotatable bonds is 7. The summed E-state index contributed by atoms with van der Waals surface area (Å²) in [5.74, 6) is -1.56. The number of nitrogens with zero attached hydrogens (tertiary/aromatic N) is 2. The Morgan fingerprint density at radius 3 is 2.47 bits per heavy atom. The average molecular weight is 429 g/mol. The van der Waals surface area contributed by atoms with E-state index in [0.717, 1.165) is 11.3 Å². The third kappa shape index (κ3) is 4.35. The molecule has 1 unspecified atom stereocenters. The first-order chi connectivity index (χ1) is 14.3. The van der Waals surface area contributed by atoms with E-state index in [4.69, 9.17) is 16.3 Å². The Balaban J connectivity index is 2.11. The number of Topliss-reactive ketones (excluding diaryl/α,β-unsaturated/α-hetero) is 1. The van der Waals surface area contributed by atoms with Gasteiger partial charge < -0.3 is 19.6 Å². The van der Waals surface area contributed by atoms with Crippen molar-refractivity contribution in [3.05, 3.63) is 70.3 Å². The SMILES string of the molecule is COCCCN1C(=O)C(=O)/C(=C(\O)c2cccc(Cl)c2)C1c1ccc(N(C)C)cc1. The van der Waals surface area contributed by atoms with Gasteiger partial charge in [-0.05, 0) is 36.2 Å². The van der Waals surface area contributed by atoms with E-state index in [1.54, 1.807) is 31.4 Å². The summed E-state index contributed by atoms with van der Waals surface area (Å²) >= 11 is 6.06. The molecule has 1 fully saturated rings. The van der Waals surface area contributed by atoms with Crippen LogP contribution >= 0.6 is 11.6 Å². The minimum Gasteiger partial charge on any atom is -0.507 e. The molecule has 0 bridgehead atoms. The molecule has 0 aromatic heterocycles. The second-order valence-electron chi connectivity index (χ2n) is 7.34. The Bertz CT molecular complexity index is 969. The van der Waals surface area contributed by atoms with Crippen LogP contribution in [0.2, 0.25) is 5.02 Å². The van der Waals surface area contributed by atoms with Crippen LogP contribution in [0.1, 0.15) is 23.6 Å². The molecular formula is C23H25ClN2O4. The maximum absolute atomic E-state index is 12.9. The minimum atomic E-state index is -0.702. The highest BCUT2D eigenvalue weighted by Crippen LogP contribution is 2.40. The Morgan fingerprint density at radius 2 is 1.87 bits per heavy atom. The second kappa shape index (κ2) is 9.32. The predicted octanol–water partition coefficient (Wildman–Crippen LogP) is 3.86. The first kappa shape index (κ1) is 21.9. The van der Waals surface area contributed by atoms with Gasteiger partial charge in [-0.2, -0.15) is 0 Å². The van der Waals surface area contributed by atoms with Crippen molar-refractivity contribution in [2.45, 2.75) is 12.5 Å². The fraction of sp³-hybridized carbons (Fsp3) is 0.304. The standard InChI is InChI=1S/C23H25ClN2O4/c1-25(2)18-10-8-15(9-11-18)20-19(21(27)16-6-4-7-17(24)14-16)22(28)23(29)26(20)12-5-13-30-3/h4,6-11,14,20,27H,5,12-13H2,1-3H3/b21-19-. The number of halogens is 1. The zero-order chi connectivity index (χ0) is 21.8. The van der Waals surface area contributed by atoms with E-state index in [2.05, 4.69) is 0 Å². The van der Waals surface area contributed by atoms with Crippen molar-refractivity contribution in [2.24, 2.45) is 0 Å². The van der Waals surface area contributed by atoms with Crippen LogP contribution in [0.15, 0.2) is 54.1 Å². The molecule has 0 spiro atoms. The van der Waals surface area contributed by atoms with Gasteiger partial charge in [0.25, 0.3) is 11.7 Å². The van der Waals surface area contributed by atoms with Crippen LogP contribution in [-0.2, 0) is 14.3 Å². The lowest BCUT2D eigenvalue weighted by molar-refractivity contribution is -0.140. The van der Waals surface area contributed by atoms with Crippen LogP contribution in [0.3, 0.4) is 0 Å². The lowest BCUT2D eigenvalue weighted by Crippen LogP contribution is -2.31. The number of ether oxygens (including phenoxy) is 1. The summed E-state index contributed by atoms with van der Waals surface area (Å²) in [5, 5.41) is 11.4. The number of methoxy groups -OCH3 is 1. The molecular weight excluding hydrogens is 404 g/mol. The van der Waals surface area contributed by atoms with Crippen molar-refractivity contribution in [1.82, 2.24) is 4.90 Å². The van der Waals surface area contributed by atoms with E-state index < -0.39 is 17.7 Å². The van der Waals surface area contributed by atoms with Gasteiger partial charge >= 0.3 is 0 Å². The van der Waals surface area contributed by atoms with Crippen LogP contribution in [-0.4, -0.2) is 56.1 Å². The number of aliphatic hydroxyl groups excluding tert-OH is 1. The number of ketones is 1.